The molecule has 29 heavy (non-hydrogen) atoms. The Kier molecular flexibility index (Phi) is 5.74. The molecule has 0 bridgehead atoms. The molecule has 152 valence electrons. The molecule has 2 aliphatic rings. The summed E-state index contributed by atoms with van der Waals surface area (Å²) in [6.45, 7) is 6.27. The number of halogens is 1. The van der Waals surface area contributed by atoms with Crippen molar-refractivity contribution >= 4 is 29.1 Å². The van der Waals surface area contributed by atoms with Gasteiger partial charge in [-0.1, -0.05) is 30.7 Å². The summed E-state index contributed by atoms with van der Waals surface area (Å²) in [7, 11) is 0. The number of nitrogens with zero attached hydrogens (tertiary/aromatic N) is 2. The Labute approximate surface area is 175 Å². The lowest BCUT2D eigenvalue weighted by molar-refractivity contribution is -0.148. The predicted octanol–water partition coefficient (Wildman–Crippen LogP) is 4.00. The van der Waals surface area contributed by atoms with Crippen molar-refractivity contribution in [2.75, 3.05) is 26.2 Å². The van der Waals surface area contributed by atoms with Gasteiger partial charge < -0.3 is 19.7 Å². The summed E-state index contributed by atoms with van der Waals surface area (Å²) in [4.78, 5) is 19.4. The van der Waals surface area contributed by atoms with Crippen molar-refractivity contribution in [1.82, 2.24) is 10.2 Å². The molecule has 2 heterocycles. The lowest BCUT2D eigenvalue weighted by Gasteiger charge is -2.37. The third-order valence-corrected chi connectivity index (χ3v) is 5.50. The number of amidine groups is 1. The molecule has 4 rings (SSSR count). The lowest BCUT2D eigenvalue weighted by atomic mass is 9.99. The smallest absolute Gasteiger partial charge is 0.310 e. The third kappa shape index (κ3) is 4.09. The molecule has 2 atom stereocenters. The van der Waals surface area contributed by atoms with E-state index in [9.17, 15) is 4.79 Å². The van der Waals surface area contributed by atoms with Crippen molar-refractivity contribution in [1.29, 1.82) is 0 Å². The van der Waals surface area contributed by atoms with Crippen molar-refractivity contribution in [3.8, 4) is 11.5 Å². The molecule has 0 aromatic heterocycles. The molecule has 0 spiro atoms. The maximum atomic E-state index is 12.2. The molecule has 2 unspecified atom stereocenters. The number of aliphatic imine (C=N–C) groups is 1. The largest absolute Gasteiger partial charge is 0.466 e. The highest BCUT2D eigenvalue weighted by Crippen LogP contribution is 2.39. The van der Waals surface area contributed by atoms with Crippen LogP contribution in [0.15, 0.2) is 47.5 Å². The van der Waals surface area contributed by atoms with E-state index in [4.69, 9.17) is 26.1 Å². The molecule has 2 aromatic rings. The molecule has 2 aromatic carbocycles. The Morgan fingerprint density at radius 2 is 2.17 bits per heavy atom. The maximum Gasteiger partial charge on any atom is 0.310 e. The summed E-state index contributed by atoms with van der Waals surface area (Å²) >= 11 is 6.20. The summed E-state index contributed by atoms with van der Waals surface area (Å²) in [5.74, 6) is 1.81. The Hall–Kier alpha value is -2.57. The van der Waals surface area contributed by atoms with Crippen LogP contribution in [0.1, 0.15) is 19.4 Å². The number of carbonyl (C=O) groups is 1. The molecule has 2 aliphatic heterocycles. The first-order valence-corrected chi connectivity index (χ1v) is 10.2. The standard InChI is InChI=1S/C22H24ClN3O3/c1-3-28-22(27)14(2)18-13-26(11-10-24-18)21-16-6-4-5-7-19(16)29-20-9-8-15(23)12-17(20)25-21/h4-9,12,14,18,24H,3,10-11,13H2,1-2H3. The minimum absolute atomic E-state index is 0.0272. The summed E-state index contributed by atoms with van der Waals surface area (Å²) in [6.07, 6.45) is 0. The van der Waals surface area contributed by atoms with Crippen LogP contribution in [0.2, 0.25) is 5.02 Å². The average molecular weight is 414 g/mol. The number of carbonyl (C=O) groups excluding carboxylic acids is 1. The van der Waals surface area contributed by atoms with E-state index in [1.165, 1.54) is 0 Å². The van der Waals surface area contributed by atoms with Crippen molar-refractivity contribution in [2.45, 2.75) is 19.9 Å². The SMILES string of the molecule is CCOC(=O)C(C)C1CN(C2=Nc3cc(Cl)ccc3Oc3ccccc32)CCN1. The molecule has 0 radical (unpaired) electrons. The van der Waals surface area contributed by atoms with Gasteiger partial charge in [-0.25, -0.2) is 4.99 Å². The molecule has 6 nitrogen and oxygen atoms in total. The van der Waals surface area contributed by atoms with Crippen LogP contribution in [0.3, 0.4) is 0 Å². The first kappa shape index (κ1) is 19.7. The molecular weight excluding hydrogens is 390 g/mol. The maximum absolute atomic E-state index is 12.2. The van der Waals surface area contributed by atoms with Crippen LogP contribution in [0.5, 0.6) is 11.5 Å². The topological polar surface area (TPSA) is 63.2 Å². The summed E-state index contributed by atoms with van der Waals surface area (Å²) in [5.41, 5.74) is 1.61. The number of hydrogen-bond donors (Lipinski definition) is 1. The highest BCUT2D eigenvalue weighted by molar-refractivity contribution is 6.31. The number of rotatable bonds is 3. The van der Waals surface area contributed by atoms with Gasteiger partial charge in [0.2, 0.25) is 0 Å². The molecule has 0 saturated carbocycles. The number of piperazine rings is 1. The Morgan fingerprint density at radius 3 is 3.00 bits per heavy atom. The molecule has 1 saturated heterocycles. The molecule has 0 amide bonds. The van der Waals surface area contributed by atoms with Gasteiger partial charge in [0, 0.05) is 30.7 Å². The number of fused-ring (bicyclic) bond motifs is 2. The van der Waals surface area contributed by atoms with Crippen LogP contribution < -0.4 is 10.1 Å². The summed E-state index contributed by atoms with van der Waals surface area (Å²) in [5, 5.41) is 4.05. The van der Waals surface area contributed by atoms with Gasteiger partial charge in [0.25, 0.3) is 0 Å². The van der Waals surface area contributed by atoms with E-state index in [-0.39, 0.29) is 17.9 Å². The zero-order valence-corrected chi connectivity index (χ0v) is 17.3. The number of hydrogen-bond acceptors (Lipinski definition) is 6. The van der Waals surface area contributed by atoms with Crippen molar-refractivity contribution < 1.29 is 14.3 Å². The van der Waals surface area contributed by atoms with Crippen LogP contribution in [0.25, 0.3) is 0 Å². The number of benzene rings is 2. The van der Waals surface area contributed by atoms with Crippen LogP contribution in [0, 0.1) is 5.92 Å². The molecule has 1 N–H and O–H groups in total. The zero-order chi connectivity index (χ0) is 20.4. The van der Waals surface area contributed by atoms with Crippen molar-refractivity contribution in [2.24, 2.45) is 10.9 Å². The fourth-order valence-corrected chi connectivity index (χ4v) is 3.85. The van der Waals surface area contributed by atoms with Gasteiger partial charge in [-0.05, 0) is 37.3 Å². The number of nitrogens with one attached hydrogen (secondary N) is 1. The van der Waals surface area contributed by atoms with Crippen LogP contribution in [-0.4, -0.2) is 49.0 Å². The van der Waals surface area contributed by atoms with Crippen LogP contribution >= 0.6 is 11.6 Å². The monoisotopic (exact) mass is 413 g/mol. The van der Waals surface area contributed by atoms with E-state index in [0.717, 1.165) is 30.2 Å². The van der Waals surface area contributed by atoms with E-state index >= 15 is 0 Å². The third-order valence-electron chi connectivity index (χ3n) is 5.26. The summed E-state index contributed by atoms with van der Waals surface area (Å²) < 4.78 is 11.3. The normalized spacial score (nSPS) is 19.2. The van der Waals surface area contributed by atoms with Gasteiger partial charge in [-0.2, -0.15) is 0 Å². The lowest BCUT2D eigenvalue weighted by Crippen LogP contribution is -2.56. The Morgan fingerprint density at radius 1 is 1.34 bits per heavy atom. The number of ether oxygens (including phenoxy) is 2. The fraction of sp³-hybridized carbons (Fsp3) is 0.364. The second-order valence-corrected chi connectivity index (χ2v) is 7.63. The van der Waals surface area contributed by atoms with Gasteiger partial charge in [0.15, 0.2) is 5.75 Å². The predicted molar refractivity (Wildman–Crippen MR) is 113 cm³/mol. The number of para-hydroxylation sites is 1. The minimum Gasteiger partial charge on any atom is -0.466 e. The van der Waals surface area contributed by atoms with Gasteiger partial charge in [-0.15, -0.1) is 0 Å². The summed E-state index contributed by atoms with van der Waals surface area (Å²) in [6, 6.07) is 13.3. The van der Waals surface area contributed by atoms with Crippen LogP contribution in [0.4, 0.5) is 5.69 Å². The molecule has 7 heteroatoms. The van der Waals surface area contributed by atoms with Gasteiger partial charge in [0.05, 0.1) is 18.1 Å². The second kappa shape index (κ2) is 8.43. The van der Waals surface area contributed by atoms with Crippen molar-refractivity contribution in [3.63, 3.8) is 0 Å². The first-order chi connectivity index (χ1) is 14.1. The molecule has 0 aliphatic carbocycles. The average Bonchev–Trinajstić information content (AvgIpc) is 2.90. The van der Waals surface area contributed by atoms with E-state index in [1.807, 2.05) is 50.2 Å². The minimum atomic E-state index is -0.252. The molecule has 1 fully saturated rings. The first-order valence-electron chi connectivity index (χ1n) is 9.87. The van der Waals surface area contributed by atoms with E-state index in [2.05, 4.69) is 10.2 Å². The Balaban J connectivity index is 1.69. The van der Waals surface area contributed by atoms with E-state index in [1.54, 1.807) is 6.07 Å². The second-order valence-electron chi connectivity index (χ2n) is 7.19. The van der Waals surface area contributed by atoms with Gasteiger partial charge >= 0.3 is 5.97 Å². The Bertz CT molecular complexity index is 947. The highest BCUT2D eigenvalue weighted by atomic mass is 35.5. The zero-order valence-electron chi connectivity index (χ0n) is 16.5. The van der Waals surface area contributed by atoms with Gasteiger partial charge in [0.1, 0.15) is 17.3 Å². The van der Waals surface area contributed by atoms with E-state index < -0.39 is 0 Å². The van der Waals surface area contributed by atoms with Gasteiger partial charge in [-0.3, -0.25) is 4.79 Å². The number of esters is 1. The van der Waals surface area contributed by atoms with Crippen LogP contribution in [-0.2, 0) is 9.53 Å². The van der Waals surface area contributed by atoms with E-state index in [0.29, 0.717) is 29.6 Å². The van der Waals surface area contributed by atoms with Crippen molar-refractivity contribution in [3.05, 3.63) is 53.1 Å². The quantitative estimate of drug-likeness (QED) is 0.770. The highest BCUT2D eigenvalue weighted by Gasteiger charge is 2.32. The fourth-order valence-electron chi connectivity index (χ4n) is 3.68. The molecular formula is C22H24ClN3O3.